The number of allylic oxidation sites excluding steroid dienone is 3. The number of halogens is 1. The van der Waals surface area contributed by atoms with Gasteiger partial charge in [0.15, 0.2) is 0 Å². The highest BCUT2D eigenvalue weighted by Gasteiger charge is 2.46. The van der Waals surface area contributed by atoms with E-state index in [-0.39, 0.29) is 36.6 Å². The van der Waals surface area contributed by atoms with Gasteiger partial charge in [-0.15, -0.1) is 0 Å². The number of fused-ring (bicyclic) bond motifs is 1. The molecule has 0 aromatic heterocycles. The molecule has 1 saturated carbocycles. The minimum Gasteiger partial charge on any atom is -0.357 e. The topological polar surface area (TPSA) is 53.6 Å². The van der Waals surface area contributed by atoms with E-state index in [1.165, 1.54) is 11.3 Å². The molecule has 0 radical (unpaired) electrons. The third-order valence-electron chi connectivity index (χ3n) is 7.63. The summed E-state index contributed by atoms with van der Waals surface area (Å²) in [5.41, 5.74) is 6.20. The van der Waals surface area contributed by atoms with Gasteiger partial charge in [-0.05, 0) is 68.6 Å². The normalized spacial score (nSPS) is 27.0. The summed E-state index contributed by atoms with van der Waals surface area (Å²) >= 11 is 0. The summed E-state index contributed by atoms with van der Waals surface area (Å²) in [6.45, 7) is 11.7. The van der Waals surface area contributed by atoms with Crippen molar-refractivity contribution in [1.82, 2.24) is 15.5 Å². The number of nitrogens with one attached hydrogen (secondary N) is 2. The summed E-state index contributed by atoms with van der Waals surface area (Å²) in [6, 6.07) is 5.61. The van der Waals surface area contributed by atoms with Gasteiger partial charge in [0, 0.05) is 30.0 Å². The predicted molar refractivity (Wildman–Crippen MR) is 131 cm³/mol. The molecule has 3 atom stereocenters. The van der Waals surface area contributed by atoms with Gasteiger partial charge >= 0.3 is 0 Å². The number of carbonyl (C=O) groups excluding carboxylic acids is 1. The number of aryl methyl sites for hydroxylation is 1. The Hall–Kier alpha value is -2.44. The van der Waals surface area contributed by atoms with Gasteiger partial charge in [-0.25, -0.2) is 4.39 Å². The van der Waals surface area contributed by atoms with Gasteiger partial charge in [0.1, 0.15) is 12.0 Å². The van der Waals surface area contributed by atoms with Crippen LogP contribution in [0.15, 0.2) is 52.9 Å². The number of carbonyl (C=O) groups is 1. The first kappa shape index (κ1) is 23.3. The average molecular weight is 466 g/mol. The first-order chi connectivity index (χ1) is 16.4. The van der Waals surface area contributed by atoms with Gasteiger partial charge in [0.25, 0.3) is 5.91 Å². The second-order valence-electron chi connectivity index (χ2n) is 10.1. The smallest absolute Gasteiger partial charge is 0.253 e. The van der Waals surface area contributed by atoms with Crippen molar-refractivity contribution in [1.29, 1.82) is 0 Å². The quantitative estimate of drug-likeness (QED) is 0.613. The van der Waals surface area contributed by atoms with Crippen LogP contribution in [-0.2, 0) is 22.5 Å². The maximum absolute atomic E-state index is 14.9. The molecule has 3 unspecified atom stereocenters. The summed E-state index contributed by atoms with van der Waals surface area (Å²) in [7, 11) is 0. The fourth-order valence-corrected chi connectivity index (χ4v) is 5.91. The molecule has 5 nitrogen and oxygen atoms in total. The number of benzene rings is 1. The molecule has 2 saturated heterocycles. The van der Waals surface area contributed by atoms with Crippen molar-refractivity contribution in [2.45, 2.75) is 84.2 Å². The molecule has 1 aromatic rings. The monoisotopic (exact) mass is 465 g/mol. The van der Waals surface area contributed by atoms with E-state index < -0.39 is 0 Å². The molecule has 2 N–H and O–H groups in total. The van der Waals surface area contributed by atoms with Crippen LogP contribution in [0.2, 0.25) is 0 Å². The molecular formula is C28H36FN3O2. The Kier molecular flexibility index (Phi) is 6.38. The van der Waals surface area contributed by atoms with Gasteiger partial charge in [-0.1, -0.05) is 38.1 Å². The van der Waals surface area contributed by atoms with Crippen molar-refractivity contribution < 1.29 is 13.9 Å². The number of hydrogen-bond donors (Lipinski definition) is 2. The molecule has 5 rings (SSSR count). The lowest BCUT2D eigenvalue weighted by molar-refractivity contribution is -0.117. The Bertz CT molecular complexity index is 1070. The number of rotatable bonds is 7. The second kappa shape index (κ2) is 9.31. The van der Waals surface area contributed by atoms with E-state index in [2.05, 4.69) is 36.0 Å². The average Bonchev–Trinajstić information content (AvgIpc) is 3.38. The molecule has 0 spiro atoms. The molecule has 1 aliphatic carbocycles. The highest BCUT2D eigenvalue weighted by molar-refractivity contribution is 6.00. The number of ether oxygens (including phenoxy) is 1. The zero-order chi connectivity index (χ0) is 24.0. The van der Waals surface area contributed by atoms with E-state index in [1.54, 1.807) is 6.07 Å². The van der Waals surface area contributed by atoms with E-state index >= 15 is 0 Å². The molecule has 182 valence electrons. The SMILES string of the molecule is C=C1C(C(=O)NCc2cccc(CCC)c2F)=C2CCC(C3NCC(C)O3)N2C(C)=C1C1CC1. The Morgan fingerprint density at radius 2 is 2.06 bits per heavy atom. The minimum atomic E-state index is -0.208. The van der Waals surface area contributed by atoms with E-state index in [1.807, 2.05) is 19.1 Å². The zero-order valence-electron chi connectivity index (χ0n) is 20.5. The maximum Gasteiger partial charge on any atom is 0.253 e. The molecule has 34 heavy (non-hydrogen) atoms. The standard InChI is InChI=1S/C28H36FN3O2/c1-5-7-20-8-6-9-21(26(20)29)15-30-27(33)25-17(3)24(19-10-11-19)18(4)32-22(25)12-13-23(32)28-31-14-16(2)34-28/h6,8-9,16,19,23,28,31H,3,5,7,10-15H2,1-2,4H3,(H,30,33). The molecule has 1 amide bonds. The summed E-state index contributed by atoms with van der Waals surface area (Å²) < 4.78 is 21.1. The van der Waals surface area contributed by atoms with E-state index in [4.69, 9.17) is 4.74 Å². The zero-order valence-corrected chi connectivity index (χ0v) is 20.5. The van der Waals surface area contributed by atoms with Crippen molar-refractivity contribution >= 4 is 5.91 Å². The minimum absolute atomic E-state index is 0.0472. The van der Waals surface area contributed by atoms with E-state index in [0.29, 0.717) is 29.0 Å². The van der Waals surface area contributed by atoms with Crippen LogP contribution in [0.25, 0.3) is 0 Å². The molecule has 6 heteroatoms. The van der Waals surface area contributed by atoms with E-state index in [9.17, 15) is 9.18 Å². The third-order valence-corrected chi connectivity index (χ3v) is 7.63. The van der Waals surface area contributed by atoms with Gasteiger partial charge in [-0.3, -0.25) is 10.1 Å². The second-order valence-corrected chi connectivity index (χ2v) is 10.1. The Morgan fingerprint density at radius 1 is 1.29 bits per heavy atom. The van der Waals surface area contributed by atoms with Gasteiger partial charge < -0.3 is 15.0 Å². The molecule has 3 aliphatic heterocycles. The molecule has 4 aliphatic rings. The lowest BCUT2D eigenvalue weighted by atomic mass is 9.88. The summed E-state index contributed by atoms with van der Waals surface area (Å²) in [6.07, 6.45) is 5.72. The number of hydrogen-bond acceptors (Lipinski definition) is 4. The highest BCUT2D eigenvalue weighted by atomic mass is 19.1. The Balaban J connectivity index is 1.42. The lowest BCUT2D eigenvalue weighted by Crippen LogP contribution is -2.45. The summed E-state index contributed by atoms with van der Waals surface area (Å²) in [5.74, 6) is 0.100. The fourth-order valence-electron chi connectivity index (χ4n) is 5.91. The third kappa shape index (κ3) is 4.11. The molecule has 3 heterocycles. The first-order valence-electron chi connectivity index (χ1n) is 12.8. The fraction of sp³-hybridized carbons (Fsp3) is 0.536. The van der Waals surface area contributed by atoms with Crippen LogP contribution in [0.1, 0.15) is 64.0 Å². The number of amides is 1. The van der Waals surface area contributed by atoms with Crippen molar-refractivity contribution in [3.05, 3.63) is 69.8 Å². The van der Waals surface area contributed by atoms with Crippen LogP contribution in [0.3, 0.4) is 0 Å². The van der Waals surface area contributed by atoms with Crippen LogP contribution in [0, 0.1) is 11.7 Å². The van der Waals surface area contributed by atoms with Crippen LogP contribution in [0.5, 0.6) is 0 Å². The molecule has 0 bridgehead atoms. The largest absolute Gasteiger partial charge is 0.357 e. The maximum atomic E-state index is 14.9. The Morgan fingerprint density at radius 3 is 2.74 bits per heavy atom. The molecule has 1 aromatic carbocycles. The van der Waals surface area contributed by atoms with Crippen molar-refractivity contribution in [3.8, 4) is 0 Å². The van der Waals surface area contributed by atoms with Crippen molar-refractivity contribution in [3.63, 3.8) is 0 Å². The molecular weight excluding hydrogens is 429 g/mol. The molecule has 3 fully saturated rings. The van der Waals surface area contributed by atoms with Gasteiger partial charge in [0.05, 0.1) is 17.7 Å². The first-order valence-corrected chi connectivity index (χ1v) is 12.8. The Labute approximate surface area is 202 Å². The summed E-state index contributed by atoms with van der Waals surface area (Å²) in [4.78, 5) is 15.9. The van der Waals surface area contributed by atoms with Gasteiger partial charge in [0.2, 0.25) is 0 Å². The van der Waals surface area contributed by atoms with Crippen molar-refractivity contribution in [2.75, 3.05) is 6.54 Å². The van der Waals surface area contributed by atoms with E-state index in [0.717, 1.165) is 49.9 Å². The van der Waals surface area contributed by atoms with Crippen molar-refractivity contribution in [2.24, 2.45) is 5.92 Å². The highest BCUT2D eigenvalue weighted by Crippen LogP contribution is 2.50. The van der Waals surface area contributed by atoms with Crippen LogP contribution >= 0.6 is 0 Å². The predicted octanol–water partition coefficient (Wildman–Crippen LogP) is 4.70. The van der Waals surface area contributed by atoms with Crippen LogP contribution < -0.4 is 10.6 Å². The lowest BCUT2D eigenvalue weighted by Gasteiger charge is -2.38. The van der Waals surface area contributed by atoms with Crippen LogP contribution in [-0.4, -0.2) is 35.7 Å². The summed E-state index contributed by atoms with van der Waals surface area (Å²) in [5, 5.41) is 6.53. The number of nitrogens with zero attached hydrogens (tertiary/aromatic N) is 1. The van der Waals surface area contributed by atoms with Crippen LogP contribution in [0.4, 0.5) is 4.39 Å². The van der Waals surface area contributed by atoms with Gasteiger partial charge in [-0.2, -0.15) is 0 Å².